The molecule has 0 aromatic carbocycles. The number of carbonyl (C=O) groups excluding carboxylic acids is 2. The third-order valence-corrected chi connectivity index (χ3v) is 2.12. The van der Waals surface area contributed by atoms with Crippen LogP contribution in [0.2, 0.25) is 0 Å². The second-order valence-electron chi connectivity index (χ2n) is 3.35. The number of methoxy groups -OCH3 is 2. The Balaban J connectivity index is 4.00. The molecular weight excluding hydrogens is 212 g/mol. The molecule has 0 rings (SSSR count). The first-order valence-corrected chi connectivity index (χ1v) is 5.41. The van der Waals surface area contributed by atoms with E-state index in [4.69, 9.17) is 4.74 Å². The highest BCUT2D eigenvalue weighted by atomic mass is 16.6. The molecule has 0 N–H and O–H groups in total. The Hall–Kier alpha value is -1.10. The van der Waals surface area contributed by atoms with E-state index >= 15 is 0 Å². The Morgan fingerprint density at radius 1 is 1.19 bits per heavy atom. The molecule has 0 fully saturated rings. The molecule has 16 heavy (non-hydrogen) atoms. The van der Waals surface area contributed by atoms with Crippen molar-refractivity contribution in [3.8, 4) is 0 Å². The van der Waals surface area contributed by atoms with Gasteiger partial charge in [0.2, 0.25) is 0 Å². The summed E-state index contributed by atoms with van der Waals surface area (Å²) in [5.74, 6) is -0.798. The van der Waals surface area contributed by atoms with Crippen LogP contribution in [-0.2, 0) is 23.8 Å². The van der Waals surface area contributed by atoms with Gasteiger partial charge in [-0.25, -0.2) is 4.79 Å². The van der Waals surface area contributed by atoms with Gasteiger partial charge in [0.1, 0.15) is 0 Å². The monoisotopic (exact) mass is 232 g/mol. The lowest BCUT2D eigenvalue weighted by atomic mass is 10.2. The van der Waals surface area contributed by atoms with Crippen molar-refractivity contribution in [2.45, 2.75) is 38.7 Å². The quantitative estimate of drug-likeness (QED) is 0.466. The molecule has 0 bridgehead atoms. The molecule has 5 nitrogen and oxygen atoms in total. The van der Waals surface area contributed by atoms with Crippen molar-refractivity contribution in [3.63, 3.8) is 0 Å². The van der Waals surface area contributed by atoms with Crippen molar-refractivity contribution in [1.82, 2.24) is 0 Å². The molecule has 0 heterocycles. The highest BCUT2D eigenvalue weighted by Gasteiger charge is 2.20. The standard InChI is InChI=1S/C11H20O5/c1-4-5-8-16-9(11(13)15-3)6-7-10(12)14-2/h9H,4-8H2,1-3H3. The van der Waals surface area contributed by atoms with Crippen LogP contribution in [-0.4, -0.2) is 38.9 Å². The highest BCUT2D eigenvalue weighted by molar-refractivity contribution is 5.76. The zero-order valence-electron chi connectivity index (χ0n) is 10.2. The summed E-state index contributed by atoms with van der Waals surface area (Å²) < 4.78 is 14.4. The molecule has 0 aromatic heterocycles. The Bertz CT molecular complexity index is 214. The van der Waals surface area contributed by atoms with Gasteiger partial charge in [0, 0.05) is 13.0 Å². The fourth-order valence-electron chi connectivity index (χ4n) is 1.12. The molecule has 94 valence electrons. The smallest absolute Gasteiger partial charge is 0.334 e. The number of hydrogen-bond acceptors (Lipinski definition) is 5. The first-order chi connectivity index (χ1) is 7.65. The van der Waals surface area contributed by atoms with Crippen molar-refractivity contribution in [1.29, 1.82) is 0 Å². The average molecular weight is 232 g/mol. The molecule has 1 atom stereocenters. The number of ether oxygens (including phenoxy) is 3. The minimum absolute atomic E-state index is 0.155. The number of carbonyl (C=O) groups is 2. The predicted octanol–water partition coefficient (Wildman–Crippen LogP) is 1.30. The molecule has 0 amide bonds. The van der Waals surface area contributed by atoms with Crippen LogP contribution in [0.1, 0.15) is 32.6 Å². The summed E-state index contributed by atoms with van der Waals surface area (Å²) in [5, 5.41) is 0. The van der Waals surface area contributed by atoms with Crippen LogP contribution in [0.25, 0.3) is 0 Å². The van der Waals surface area contributed by atoms with E-state index < -0.39 is 12.1 Å². The molecule has 0 spiro atoms. The largest absolute Gasteiger partial charge is 0.469 e. The zero-order valence-corrected chi connectivity index (χ0v) is 10.2. The molecule has 0 aliphatic rings. The summed E-state index contributed by atoms with van der Waals surface area (Å²) in [6.45, 7) is 2.53. The maximum Gasteiger partial charge on any atom is 0.334 e. The van der Waals surface area contributed by atoms with Crippen LogP contribution in [0.3, 0.4) is 0 Å². The second kappa shape index (κ2) is 9.15. The molecule has 0 aliphatic heterocycles. The van der Waals surface area contributed by atoms with Gasteiger partial charge in [0.05, 0.1) is 14.2 Å². The van der Waals surface area contributed by atoms with Crippen LogP contribution in [0, 0.1) is 0 Å². The first kappa shape index (κ1) is 14.9. The third-order valence-electron chi connectivity index (χ3n) is 2.12. The molecular formula is C11H20O5. The van der Waals surface area contributed by atoms with Crippen LogP contribution >= 0.6 is 0 Å². The van der Waals surface area contributed by atoms with Crippen LogP contribution in [0.5, 0.6) is 0 Å². The van der Waals surface area contributed by atoms with Gasteiger partial charge in [0.15, 0.2) is 6.10 Å². The third kappa shape index (κ3) is 6.40. The normalized spacial score (nSPS) is 11.9. The second-order valence-corrected chi connectivity index (χ2v) is 3.35. The van der Waals surface area contributed by atoms with E-state index in [1.54, 1.807) is 0 Å². The number of unbranched alkanes of at least 4 members (excludes halogenated alkanes) is 1. The fraction of sp³-hybridized carbons (Fsp3) is 0.818. The van der Waals surface area contributed by atoms with E-state index in [0.717, 1.165) is 12.8 Å². The van der Waals surface area contributed by atoms with Crippen LogP contribution < -0.4 is 0 Å². The minimum Gasteiger partial charge on any atom is -0.469 e. The van der Waals surface area contributed by atoms with Gasteiger partial charge in [-0.05, 0) is 12.8 Å². The van der Waals surface area contributed by atoms with Crippen molar-refractivity contribution >= 4 is 11.9 Å². The summed E-state index contributed by atoms with van der Waals surface area (Å²) >= 11 is 0. The highest BCUT2D eigenvalue weighted by Crippen LogP contribution is 2.07. The number of esters is 2. The Labute approximate surface area is 96.1 Å². The van der Waals surface area contributed by atoms with E-state index in [9.17, 15) is 9.59 Å². The van der Waals surface area contributed by atoms with E-state index in [2.05, 4.69) is 9.47 Å². The zero-order chi connectivity index (χ0) is 12.4. The van der Waals surface area contributed by atoms with E-state index in [1.807, 2.05) is 6.92 Å². The summed E-state index contributed by atoms with van der Waals surface area (Å²) in [6, 6.07) is 0. The van der Waals surface area contributed by atoms with Crippen molar-refractivity contribution < 1.29 is 23.8 Å². The van der Waals surface area contributed by atoms with Crippen LogP contribution in [0.15, 0.2) is 0 Å². The van der Waals surface area contributed by atoms with Gasteiger partial charge in [0.25, 0.3) is 0 Å². The van der Waals surface area contributed by atoms with Gasteiger partial charge in [-0.1, -0.05) is 13.3 Å². The molecule has 0 saturated heterocycles. The van der Waals surface area contributed by atoms with Gasteiger partial charge in [-0.2, -0.15) is 0 Å². The maximum atomic E-state index is 11.3. The number of hydrogen-bond donors (Lipinski definition) is 0. The lowest BCUT2D eigenvalue weighted by Crippen LogP contribution is -2.27. The van der Waals surface area contributed by atoms with Gasteiger partial charge < -0.3 is 14.2 Å². The predicted molar refractivity (Wildman–Crippen MR) is 57.9 cm³/mol. The van der Waals surface area contributed by atoms with Gasteiger partial charge in [-0.15, -0.1) is 0 Å². The molecule has 0 radical (unpaired) electrons. The van der Waals surface area contributed by atoms with E-state index in [0.29, 0.717) is 13.0 Å². The number of rotatable bonds is 8. The lowest BCUT2D eigenvalue weighted by Gasteiger charge is -2.14. The van der Waals surface area contributed by atoms with Crippen molar-refractivity contribution in [3.05, 3.63) is 0 Å². The van der Waals surface area contributed by atoms with Gasteiger partial charge >= 0.3 is 11.9 Å². The maximum absolute atomic E-state index is 11.3. The Morgan fingerprint density at radius 2 is 1.88 bits per heavy atom. The molecule has 5 heteroatoms. The van der Waals surface area contributed by atoms with E-state index in [-0.39, 0.29) is 12.4 Å². The van der Waals surface area contributed by atoms with E-state index in [1.165, 1.54) is 14.2 Å². The lowest BCUT2D eigenvalue weighted by molar-refractivity contribution is -0.155. The summed E-state index contributed by atoms with van der Waals surface area (Å²) in [7, 11) is 2.62. The SMILES string of the molecule is CCCCOC(CCC(=O)OC)C(=O)OC. The molecule has 1 unspecified atom stereocenters. The van der Waals surface area contributed by atoms with Crippen molar-refractivity contribution in [2.75, 3.05) is 20.8 Å². The summed E-state index contributed by atoms with van der Waals surface area (Å²) in [6.07, 6.45) is 1.65. The molecule has 0 saturated carbocycles. The van der Waals surface area contributed by atoms with Gasteiger partial charge in [-0.3, -0.25) is 4.79 Å². The van der Waals surface area contributed by atoms with Crippen molar-refractivity contribution in [2.24, 2.45) is 0 Å². The fourth-order valence-corrected chi connectivity index (χ4v) is 1.12. The van der Waals surface area contributed by atoms with Crippen LogP contribution in [0.4, 0.5) is 0 Å². The topological polar surface area (TPSA) is 61.8 Å². The average Bonchev–Trinajstić information content (AvgIpc) is 2.32. The first-order valence-electron chi connectivity index (χ1n) is 5.41. The summed E-state index contributed by atoms with van der Waals surface area (Å²) in [5.41, 5.74) is 0. The molecule has 0 aliphatic carbocycles. The Morgan fingerprint density at radius 3 is 2.38 bits per heavy atom. The Kier molecular flexibility index (Phi) is 8.52. The molecule has 0 aromatic rings. The minimum atomic E-state index is -0.671. The summed E-state index contributed by atoms with van der Waals surface area (Å²) in [4.78, 5) is 22.2.